The Bertz CT molecular complexity index is 578. The van der Waals surface area contributed by atoms with Gasteiger partial charge in [-0.3, -0.25) is 0 Å². The number of nitrogens with zero attached hydrogens (tertiary/aromatic N) is 1. The first-order chi connectivity index (χ1) is 9.19. The zero-order valence-electron chi connectivity index (χ0n) is 10.1. The minimum Gasteiger partial charge on any atom is -0.351 e. The van der Waals surface area contributed by atoms with E-state index in [0.717, 1.165) is 22.6 Å². The number of aromatic nitrogens is 1. The number of nitrogens with two attached hydrogens (primary N) is 1. The summed E-state index contributed by atoms with van der Waals surface area (Å²) in [5, 5.41) is 5.35. The van der Waals surface area contributed by atoms with E-state index in [0.29, 0.717) is 18.5 Å². The van der Waals surface area contributed by atoms with Crippen LogP contribution in [-0.4, -0.2) is 17.3 Å². The number of carbonyl (C=O) groups is 2. The number of amides is 2. The molecule has 0 spiro atoms. The normalized spacial score (nSPS) is 10.1. The van der Waals surface area contributed by atoms with E-state index in [1.165, 1.54) is 11.3 Å². The highest BCUT2D eigenvalue weighted by atomic mass is 32.1. The number of nitrogens with one attached hydrogen (secondary N) is 1. The third-order valence-electron chi connectivity index (χ3n) is 2.47. The number of aldehydes is 1. The van der Waals surface area contributed by atoms with Crippen LogP contribution in [0.3, 0.4) is 0 Å². The Kier molecular flexibility index (Phi) is 4.25. The van der Waals surface area contributed by atoms with Crippen molar-refractivity contribution < 1.29 is 9.59 Å². The summed E-state index contributed by atoms with van der Waals surface area (Å²) in [6.45, 7) is 0. The number of thiazole rings is 1. The van der Waals surface area contributed by atoms with Crippen molar-refractivity contribution in [2.75, 3.05) is 5.32 Å². The summed E-state index contributed by atoms with van der Waals surface area (Å²) in [7, 11) is 0. The van der Waals surface area contributed by atoms with Gasteiger partial charge in [0.05, 0.1) is 5.69 Å². The molecule has 0 saturated carbocycles. The van der Waals surface area contributed by atoms with Crippen LogP contribution >= 0.6 is 11.3 Å². The Labute approximate surface area is 114 Å². The van der Waals surface area contributed by atoms with Gasteiger partial charge >= 0.3 is 6.03 Å². The molecule has 0 saturated heterocycles. The lowest BCUT2D eigenvalue weighted by Crippen LogP contribution is -2.19. The molecule has 0 atom stereocenters. The number of hydrogen-bond donors (Lipinski definition) is 2. The average Bonchev–Trinajstić information content (AvgIpc) is 2.85. The number of carbonyl (C=O) groups excluding carboxylic acids is 2. The largest absolute Gasteiger partial charge is 0.351 e. The highest BCUT2D eigenvalue weighted by Gasteiger charge is 2.05. The van der Waals surface area contributed by atoms with E-state index in [2.05, 4.69) is 10.3 Å². The molecule has 5 nitrogen and oxygen atoms in total. The van der Waals surface area contributed by atoms with Gasteiger partial charge in [-0.1, -0.05) is 0 Å². The molecule has 1 heterocycles. The molecule has 0 aliphatic heterocycles. The maximum absolute atomic E-state index is 10.7. The number of rotatable bonds is 5. The highest BCUT2D eigenvalue weighted by Crippen LogP contribution is 2.25. The molecule has 2 rings (SSSR count). The Morgan fingerprint density at radius 1 is 1.37 bits per heavy atom. The molecule has 2 aromatic rings. The molecule has 0 fully saturated rings. The van der Waals surface area contributed by atoms with Crippen LogP contribution in [0.25, 0.3) is 10.6 Å². The molecule has 1 aromatic heterocycles. The van der Waals surface area contributed by atoms with E-state index >= 15 is 0 Å². The molecule has 2 amide bonds. The van der Waals surface area contributed by atoms with E-state index in [1.807, 2.05) is 17.5 Å². The van der Waals surface area contributed by atoms with Crippen molar-refractivity contribution in [2.45, 2.75) is 12.8 Å². The minimum absolute atomic E-state index is 0.491. The predicted octanol–water partition coefficient (Wildman–Crippen LogP) is 2.43. The fraction of sp³-hybridized carbons (Fsp3) is 0.154. The Morgan fingerprint density at radius 2 is 2.11 bits per heavy atom. The second-order valence-corrected chi connectivity index (χ2v) is 4.77. The highest BCUT2D eigenvalue weighted by molar-refractivity contribution is 7.13. The summed E-state index contributed by atoms with van der Waals surface area (Å²) in [6.07, 6.45) is 2.05. The summed E-state index contributed by atoms with van der Waals surface area (Å²) in [6, 6.07) is 6.69. The molecular weight excluding hydrogens is 262 g/mol. The number of anilines is 1. The lowest BCUT2D eigenvalue weighted by molar-refractivity contribution is -0.107. The number of aryl methyl sites for hydroxylation is 1. The third kappa shape index (κ3) is 3.62. The molecule has 1 aromatic carbocycles. The number of hydrogen-bond acceptors (Lipinski definition) is 4. The first-order valence-electron chi connectivity index (χ1n) is 5.74. The van der Waals surface area contributed by atoms with E-state index in [9.17, 15) is 9.59 Å². The molecule has 0 bridgehead atoms. The number of primary amides is 1. The van der Waals surface area contributed by atoms with Crippen molar-refractivity contribution in [2.24, 2.45) is 5.73 Å². The van der Waals surface area contributed by atoms with Gasteiger partial charge in [-0.15, -0.1) is 11.3 Å². The molecule has 98 valence electrons. The van der Waals surface area contributed by atoms with Crippen LogP contribution in [0.1, 0.15) is 12.1 Å². The van der Waals surface area contributed by atoms with Gasteiger partial charge in [0.1, 0.15) is 11.3 Å². The monoisotopic (exact) mass is 275 g/mol. The van der Waals surface area contributed by atoms with Gasteiger partial charge in [0.2, 0.25) is 0 Å². The van der Waals surface area contributed by atoms with Gasteiger partial charge in [0.25, 0.3) is 0 Å². The van der Waals surface area contributed by atoms with Gasteiger partial charge in [0, 0.05) is 23.1 Å². The van der Waals surface area contributed by atoms with Crippen LogP contribution in [0.5, 0.6) is 0 Å². The summed E-state index contributed by atoms with van der Waals surface area (Å²) in [4.78, 5) is 25.5. The van der Waals surface area contributed by atoms with Gasteiger partial charge in [-0.2, -0.15) is 0 Å². The van der Waals surface area contributed by atoms with Crippen LogP contribution in [0.4, 0.5) is 10.5 Å². The summed E-state index contributed by atoms with van der Waals surface area (Å²) in [5.41, 5.74) is 7.57. The van der Waals surface area contributed by atoms with Crippen LogP contribution in [0.2, 0.25) is 0 Å². The molecule has 19 heavy (non-hydrogen) atoms. The standard InChI is InChI=1S/C13H13N3O2S/c14-13(18)16-10-5-3-9(4-6-10)12-15-11(8-19-12)2-1-7-17/h3-8H,1-2H2,(H3,14,16,18). The first-order valence-corrected chi connectivity index (χ1v) is 6.62. The van der Waals surface area contributed by atoms with Gasteiger partial charge in [-0.25, -0.2) is 9.78 Å². The molecule has 0 aliphatic carbocycles. The Hall–Kier alpha value is -2.21. The van der Waals surface area contributed by atoms with Crippen molar-refractivity contribution in [3.8, 4) is 10.6 Å². The van der Waals surface area contributed by atoms with E-state index in [1.54, 1.807) is 12.1 Å². The summed E-state index contributed by atoms with van der Waals surface area (Å²) >= 11 is 1.53. The third-order valence-corrected chi connectivity index (χ3v) is 3.41. The predicted molar refractivity (Wildman–Crippen MR) is 75.1 cm³/mol. The van der Waals surface area contributed by atoms with Crippen LogP contribution in [-0.2, 0) is 11.2 Å². The summed E-state index contributed by atoms with van der Waals surface area (Å²) in [5.74, 6) is 0. The SMILES string of the molecule is NC(=O)Nc1ccc(-c2nc(CCC=O)cs2)cc1. The summed E-state index contributed by atoms with van der Waals surface area (Å²) < 4.78 is 0. The maximum atomic E-state index is 10.7. The topological polar surface area (TPSA) is 85.1 Å². The Balaban J connectivity index is 2.10. The van der Waals surface area contributed by atoms with E-state index in [4.69, 9.17) is 5.73 Å². The second kappa shape index (κ2) is 6.10. The first kappa shape index (κ1) is 13.2. The average molecular weight is 275 g/mol. The van der Waals surface area contributed by atoms with Crippen molar-refractivity contribution in [3.05, 3.63) is 35.3 Å². The molecular formula is C13H13N3O2S. The van der Waals surface area contributed by atoms with E-state index in [-0.39, 0.29) is 0 Å². The molecule has 0 aliphatic rings. The smallest absolute Gasteiger partial charge is 0.316 e. The lowest BCUT2D eigenvalue weighted by Gasteiger charge is -2.02. The van der Waals surface area contributed by atoms with Crippen molar-refractivity contribution >= 4 is 29.3 Å². The van der Waals surface area contributed by atoms with Crippen molar-refractivity contribution in [1.82, 2.24) is 4.98 Å². The number of benzene rings is 1. The molecule has 0 unspecified atom stereocenters. The number of urea groups is 1. The van der Waals surface area contributed by atoms with Gasteiger partial charge in [0.15, 0.2) is 0 Å². The molecule has 3 N–H and O–H groups in total. The maximum Gasteiger partial charge on any atom is 0.316 e. The zero-order valence-corrected chi connectivity index (χ0v) is 10.9. The van der Waals surface area contributed by atoms with Gasteiger partial charge in [-0.05, 0) is 30.7 Å². The fourth-order valence-corrected chi connectivity index (χ4v) is 2.46. The van der Waals surface area contributed by atoms with E-state index < -0.39 is 6.03 Å². The van der Waals surface area contributed by atoms with Crippen LogP contribution in [0.15, 0.2) is 29.6 Å². The Morgan fingerprint density at radius 3 is 2.74 bits per heavy atom. The quantitative estimate of drug-likeness (QED) is 0.822. The molecule has 0 radical (unpaired) electrons. The fourth-order valence-electron chi connectivity index (χ4n) is 1.60. The van der Waals surface area contributed by atoms with Crippen LogP contribution in [0, 0.1) is 0 Å². The second-order valence-electron chi connectivity index (χ2n) is 3.92. The minimum atomic E-state index is -0.585. The zero-order chi connectivity index (χ0) is 13.7. The lowest BCUT2D eigenvalue weighted by atomic mass is 10.2. The molecule has 6 heteroatoms. The van der Waals surface area contributed by atoms with Crippen molar-refractivity contribution in [1.29, 1.82) is 0 Å². The van der Waals surface area contributed by atoms with Crippen LogP contribution < -0.4 is 11.1 Å². The van der Waals surface area contributed by atoms with Crippen molar-refractivity contribution in [3.63, 3.8) is 0 Å². The van der Waals surface area contributed by atoms with Gasteiger partial charge < -0.3 is 15.8 Å².